The van der Waals surface area contributed by atoms with Crippen molar-refractivity contribution in [1.82, 2.24) is 19.1 Å². The first kappa shape index (κ1) is 26.9. The molecule has 0 bridgehead atoms. The van der Waals surface area contributed by atoms with Gasteiger partial charge in [-0.1, -0.05) is 41.9 Å². The van der Waals surface area contributed by atoms with Crippen molar-refractivity contribution in [1.29, 1.82) is 0 Å². The number of aromatic nitrogens is 1. The lowest BCUT2D eigenvalue weighted by Gasteiger charge is -2.36. The van der Waals surface area contributed by atoms with Crippen molar-refractivity contribution in [2.45, 2.75) is 50.7 Å². The van der Waals surface area contributed by atoms with Crippen LogP contribution in [-0.4, -0.2) is 54.3 Å². The molecule has 0 radical (unpaired) electrons. The van der Waals surface area contributed by atoms with Gasteiger partial charge in [-0.2, -0.15) is 4.31 Å². The summed E-state index contributed by atoms with van der Waals surface area (Å²) in [5.41, 5.74) is 3.45. The summed E-state index contributed by atoms with van der Waals surface area (Å²) in [4.78, 5) is 15.8. The molecule has 1 aromatic heterocycles. The topological polar surface area (TPSA) is 74.6 Å². The first-order valence-electron chi connectivity index (χ1n) is 13.2. The number of nitrogens with one attached hydrogen (secondary N) is 1. The molecule has 2 atom stereocenters. The van der Waals surface area contributed by atoms with Crippen LogP contribution in [0.1, 0.15) is 41.3 Å². The van der Waals surface area contributed by atoms with E-state index >= 15 is 0 Å². The van der Waals surface area contributed by atoms with Gasteiger partial charge in [0.05, 0.1) is 10.9 Å². The Balaban J connectivity index is 1.26. The minimum Gasteiger partial charge on any atom is -0.356 e. The lowest BCUT2D eigenvalue weighted by molar-refractivity contribution is -0.122. The monoisotopic (exact) mass is 554 g/mol. The van der Waals surface area contributed by atoms with Crippen LogP contribution in [-0.2, 0) is 27.9 Å². The molecule has 0 aliphatic carbocycles. The highest BCUT2D eigenvalue weighted by molar-refractivity contribution is 7.89. The van der Waals surface area contributed by atoms with Gasteiger partial charge in [0.25, 0.3) is 0 Å². The zero-order chi connectivity index (χ0) is 26.9. The molecule has 1 fully saturated rings. The van der Waals surface area contributed by atoms with E-state index < -0.39 is 16.1 Å². The van der Waals surface area contributed by atoms with E-state index in [0.29, 0.717) is 41.7 Å². The van der Waals surface area contributed by atoms with Crippen LogP contribution in [0.15, 0.2) is 65.7 Å². The van der Waals surface area contributed by atoms with Crippen molar-refractivity contribution in [2.24, 2.45) is 5.92 Å². The third kappa shape index (κ3) is 5.69. The van der Waals surface area contributed by atoms with Crippen LogP contribution < -0.4 is 5.32 Å². The quantitative estimate of drug-likeness (QED) is 0.444. The van der Waals surface area contributed by atoms with Crippen LogP contribution in [0.25, 0.3) is 0 Å². The Hall–Kier alpha value is -2.65. The van der Waals surface area contributed by atoms with Gasteiger partial charge in [-0.25, -0.2) is 8.42 Å². The van der Waals surface area contributed by atoms with Gasteiger partial charge in [-0.15, -0.1) is 0 Å². The number of halogens is 1. The molecular formula is C29H35ClN4O3S. The molecule has 0 spiro atoms. The first-order chi connectivity index (χ1) is 18.2. The Bertz CT molecular complexity index is 1410. The fourth-order valence-corrected chi connectivity index (χ4v) is 7.77. The summed E-state index contributed by atoms with van der Waals surface area (Å²) in [7, 11) is -3.84. The first-order valence-corrected chi connectivity index (χ1v) is 15.0. The van der Waals surface area contributed by atoms with E-state index in [1.165, 1.54) is 9.87 Å². The Morgan fingerprint density at radius 3 is 2.61 bits per heavy atom. The maximum Gasteiger partial charge on any atom is 0.244 e. The van der Waals surface area contributed by atoms with E-state index in [2.05, 4.69) is 34.5 Å². The van der Waals surface area contributed by atoms with Crippen LogP contribution in [0, 0.1) is 19.8 Å². The lowest BCUT2D eigenvalue weighted by atomic mass is 10.1. The SMILES string of the molecule is Cc1cc(S(=O)(=O)N2CCn3cccc3C2CC(=O)NCC2CCN(Cc3ccccc3)C2)c(C)cc1Cl. The molecular weight excluding hydrogens is 520 g/mol. The van der Waals surface area contributed by atoms with Gasteiger partial charge < -0.3 is 9.88 Å². The summed E-state index contributed by atoms with van der Waals surface area (Å²) in [5.74, 6) is 0.257. The van der Waals surface area contributed by atoms with Crippen molar-refractivity contribution in [3.63, 3.8) is 0 Å². The Morgan fingerprint density at radius 1 is 1.03 bits per heavy atom. The van der Waals surface area contributed by atoms with Gasteiger partial charge in [0.2, 0.25) is 15.9 Å². The van der Waals surface area contributed by atoms with Gasteiger partial charge in [0, 0.05) is 56.1 Å². The van der Waals surface area contributed by atoms with Crippen molar-refractivity contribution in [2.75, 3.05) is 26.2 Å². The number of hydrogen-bond acceptors (Lipinski definition) is 4. The minimum absolute atomic E-state index is 0.0787. The number of carbonyl (C=O) groups is 1. The maximum absolute atomic E-state index is 13.9. The molecule has 1 saturated heterocycles. The van der Waals surface area contributed by atoms with Crippen molar-refractivity contribution >= 4 is 27.5 Å². The summed E-state index contributed by atoms with van der Waals surface area (Å²) in [6.07, 6.45) is 3.06. The number of hydrogen-bond donors (Lipinski definition) is 1. The molecule has 2 aromatic carbocycles. The lowest BCUT2D eigenvalue weighted by Crippen LogP contribution is -2.44. The highest BCUT2D eigenvalue weighted by atomic mass is 35.5. The smallest absolute Gasteiger partial charge is 0.244 e. The molecule has 38 heavy (non-hydrogen) atoms. The van der Waals surface area contributed by atoms with Crippen LogP contribution in [0.2, 0.25) is 5.02 Å². The van der Waals surface area contributed by atoms with E-state index in [9.17, 15) is 13.2 Å². The number of amides is 1. The predicted octanol–water partition coefficient (Wildman–Crippen LogP) is 4.53. The molecule has 0 saturated carbocycles. The number of nitrogens with zero attached hydrogens (tertiary/aromatic N) is 3. The molecule has 1 amide bonds. The second-order valence-corrected chi connectivity index (χ2v) is 12.8. The standard InChI is InChI=1S/C29H35ClN4O3S/c1-21-16-28(22(2)15-25(21)30)38(36,37)34-14-13-33-11-6-9-26(33)27(34)17-29(35)31-18-24-10-12-32(20-24)19-23-7-4-3-5-8-23/h3-9,11,15-16,24,27H,10,12-14,17-20H2,1-2H3,(H,31,35). The van der Waals surface area contributed by atoms with Crippen molar-refractivity contribution in [3.8, 4) is 0 Å². The molecule has 3 aromatic rings. The number of likely N-dealkylation sites (tertiary alicyclic amines) is 1. The number of aryl methyl sites for hydroxylation is 2. The van der Waals surface area contributed by atoms with E-state index in [4.69, 9.17) is 11.6 Å². The Kier molecular flexibility index (Phi) is 7.95. The number of benzene rings is 2. The Labute approximate surface area is 230 Å². The molecule has 9 heteroatoms. The fraction of sp³-hybridized carbons (Fsp3) is 0.414. The largest absolute Gasteiger partial charge is 0.356 e. The normalized spacial score (nSPS) is 20.4. The molecule has 1 N–H and O–H groups in total. The highest BCUT2D eigenvalue weighted by Gasteiger charge is 2.38. The maximum atomic E-state index is 13.9. The molecule has 3 heterocycles. The van der Waals surface area contributed by atoms with E-state index in [0.717, 1.165) is 31.7 Å². The summed E-state index contributed by atoms with van der Waals surface area (Å²) < 4.78 is 31.3. The van der Waals surface area contributed by atoms with Gasteiger partial charge in [-0.3, -0.25) is 9.69 Å². The number of carbonyl (C=O) groups excluding carboxylic acids is 1. The summed E-state index contributed by atoms with van der Waals surface area (Å²) in [6.45, 7) is 7.88. The molecule has 2 aliphatic rings. The van der Waals surface area contributed by atoms with Gasteiger partial charge in [0.15, 0.2) is 0 Å². The third-order valence-electron chi connectivity index (χ3n) is 7.74. The molecule has 5 rings (SSSR count). The zero-order valence-electron chi connectivity index (χ0n) is 21.9. The van der Waals surface area contributed by atoms with Gasteiger partial charge in [-0.05, 0) is 73.7 Å². The van der Waals surface area contributed by atoms with Crippen LogP contribution in [0.5, 0.6) is 0 Å². The van der Waals surface area contributed by atoms with Gasteiger partial charge >= 0.3 is 0 Å². The summed E-state index contributed by atoms with van der Waals surface area (Å²) >= 11 is 6.24. The zero-order valence-corrected chi connectivity index (χ0v) is 23.5. The average molecular weight is 555 g/mol. The van der Waals surface area contributed by atoms with Gasteiger partial charge in [0.1, 0.15) is 0 Å². The highest BCUT2D eigenvalue weighted by Crippen LogP contribution is 2.36. The summed E-state index contributed by atoms with van der Waals surface area (Å²) in [6, 6.07) is 17.0. The molecule has 7 nitrogen and oxygen atoms in total. The fourth-order valence-electron chi connectivity index (χ4n) is 5.67. The second kappa shape index (κ2) is 11.2. The van der Waals surface area contributed by atoms with Crippen LogP contribution >= 0.6 is 11.6 Å². The number of rotatable bonds is 8. The van der Waals surface area contributed by atoms with E-state index in [1.54, 1.807) is 26.0 Å². The molecule has 2 aliphatic heterocycles. The van der Waals surface area contributed by atoms with E-state index in [-0.39, 0.29) is 17.2 Å². The minimum atomic E-state index is -3.84. The number of sulfonamides is 1. The average Bonchev–Trinajstić information content (AvgIpc) is 3.55. The Morgan fingerprint density at radius 2 is 1.82 bits per heavy atom. The molecule has 2 unspecified atom stereocenters. The van der Waals surface area contributed by atoms with Crippen molar-refractivity contribution in [3.05, 3.63) is 88.2 Å². The van der Waals surface area contributed by atoms with E-state index in [1.807, 2.05) is 29.0 Å². The van der Waals surface area contributed by atoms with Crippen molar-refractivity contribution < 1.29 is 13.2 Å². The number of fused-ring (bicyclic) bond motifs is 1. The van der Waals surface area contributed by atoms with Crippen LogP contribution in [0.3, 0.4) is 0 Å². The van der Waals surface area contributed by atoms with Crippen LogP contribution in [0.4, 0.5) is 0 Å². The summed E-state index contributed by atoms with van der Waals surface area (Å²) in [5, 5.41) is 3.65. The second-order valence-electron chi connectivity index (χ2n) is 10.5. The molecule has 202 valence electrons. The third-order valence-corrected chi connectivity index (χ3v) is 10.2. The predicted molar refractivity (Wildman–Crippen MR) is 149 cm³/mol.